The number of nitro groups is 1. The molecule has 10 nitrogen and oxygen atoms in total. The molecular formula is C21H18F6N4O6. The van der Waals surface area contributed by atoms with Gasteiger partial charge in [0.25, 0.3) is 23.1 Å². The topological polar surface area (TPSA) is 149 Å². The smallest absolute Gasteiger partial charge is 0.352 e. The number of amides is 2. The van der Waals surface area contributed by atoms with Crippen molar-refractivity contribution >= 4 is 17.5 Å². The van der Waals surface area contributed by atoms with Crippen LogP contribution in [0, 0.1) is 10.1 Å². The number of aromatic amines is 1. The molecule has 0 fully saturated rings. The van der Waals surface area contributed by atoms with Crippen LogP contribution in [0.1, 0.15) is 34.5 Å². The van der Waals surface area contributed by atoms with E-state index in [0.29, 0.717) is 0 Å². The van der Waals surface area contributed by atoms with Crippen molar-refractivity contribution in [2.24, 2.45) is 5.84 Å². The van der Waals surface area contributed by atoms with Crippen LogP contribution in [0.5, 0.6) is 0 Å². The number of nitrogens with one attached hydrogen (secondary N) is 1. The third-order valence-corrected chi connectivity index (χ3v) is 5.01. The highest BCUT2D eigenvalue weighted by Gasteiger charge is 2.63. The van der Waals surface area contributed by atoms with Gasteiger partial charge in [-0.15, -0.1) is 6.58 Å². The normalized spacial score (nSPS) is 13.5. The number of nitrogens with two attached hydrogens (primary N) is 1. The summed E-state index contributed by atoms with van der Waals surface area (Å²) < 4.78 is 86.7. The minimum Gasteiger partial charge on any atom is -0.352 e. The highest BCUT2D eigenvalue weighted by molar-refractivity contribution is 6.07. The number of allylic oxidation sites excluding steroid dienone is 1. The number of halogens is 6. The molecule has 2 aromatic rings. The molecule has 2 amide bonds. The lowest BCUT2D eigenvalue weighted by Crippen LogP contribution is -2.62. The number of benzene rings is 1. The maximum absolute atomic E-state index is 14.3. The van der Waals surface area contributed by atoms with E-state index in [1.807, 2.05) is 0 Å². The highest BCUT2D eigenvalue weighted by Crippen LogP contribution is 2.40. The van der Waals surface area contributed by atoms with Gasteiger partial charge in [-0.25, -0.2) is 10.9 Å². The standard InChI is InChI=1S/C21H18F6N4O6/c1-2-3-9-19(21(25,26)27,37-11-12-7-5-4-6-8-12)18(34)30(28)17(33)15-14(31(35)36)10-13(16(32)29-15)20(22,23)24/h2,4-8,10H,1,3,9,11,28H2,(H,29,32)/t19-/m1/s1. The van der Waals surface area contributed by atoms with Crippen LogP contribution in [-0.4, -0.2) is 38.5 Å². The summed E-state index contributed by atoms with van der Waals surface area (Å²) in [7, 11) is 0. The number of ether oxygens (including phenoxy) is 1. The molecule has 0 spiro atoms. The zero-order valence-electron chi connectivity index (χ0n) is 18.6. The average Bonchev–Trinajstić information content (AvgIpc) is 2.81. The Kier molecular flexibility index (Phi) is 8.61. The second kappa shape index (κ2) is 10.9. The van der Waals surface area contributed by atoms with Gasteiger partial charge in [0.2, 0.25) is 5.60 Å². The summed E-state index contributed by atoms with van der Waals surface area (Å²) in [5, 5.41) is 10.6. The maximum atomic E-state index is 14.3. The lowest BCUT2D eigenvalue weighted by Gasteiger charge is -2.36. The lowest BCUT2D eigenvalue weighted by atomic mass is 9.94. The largest absolute Gasteiger partial charge is 0.426 e. The Hall–Kier alpha value is -4.05. The first-order valence-electron chi connectivity index (χ1n) is 10.0. The summed E-state index contributed by atoms with van der Waals surface area (Å²) in [6.45, 7) is 2.48. The molecule has 1 atom stereocenters. The van der Waals surface area contributed by atoms with Crippen LogP contribution in [0.15, 0.2) is 53.8 Å². The van der Waals surface area contributed by atoms with Crippen molar-refractivity contribution in [3.05, 3.63) is 86.3 Å². The molecule has 0 aliphatic carbocycles. The molecule has 0 radical (unpaired) electrons. The molecule has 1 aromatic heterocycles. The zero-order chi connectivity index (χ0) is 28.2. The van der Waals surface area contributed by atoms with Gasteiger partial charge in [-0.05, 0) is 18.4 Å². The third kappa shape index (κ3) is 6.21. The van der Waals surface area contributed by atoms with Crippen molar-refractivity contribution in [2.45, 2.75) is 37.4 Å². The number of H-pyrrole nitrogens is 1. The fraction of sp³-hybridized carbons (Fsp3) is 0.286. The van der Waals surface area contributed by atoms with Crippen LogP contribution < -0.4 is 11.4 Å². The van der Waals surface area contributed by atoms with Gasteiger partial charge < -0.3 is 9.72 Å². The van der Waals surface area contributed by atoms with E-state index in [0.717, 1.165) is 6.08 Å². The van der Waals surface area contributed by atoms with Gasteiger partial charge in [0, 0.05) is 6.07 Å². The predicted octanol–water partition coefficient (Wildman–Crippen LogP) is 3.63. The van der Waals surface area contributed by atoms with Crippen LogP contribution in [-0.2, 0) is 22.3 Å². The molecule has 37 heavy (non-hydrogen) atoms. The molecule has 3 N–H and O–H groups in total. The Labute approximate surface area is 203 Å². The number of hydrazine groups is 1. The van der Waals surface area contributed by atoms with Crippen LogP contribution in [0.2, 0.25) is 0 Å². The monoisotopic (exact) mass is 536 g/mol. The molecule has 1 heterocycles. The van der Waals surface area contributed by atoms with Crippen molar-refractivity contribution in [3.63, 3.8) is 0 Å². The Balaban J connectivity index is 2.59. The minimum atomic E-state index is -5.50. The number of carbonyl (C=O) groups excluding carboxylic acids is 2. The second-order valence-corrected chi connectivity index (χ2v) is 7.43. The number of imide groups is 1. The second-order valence-electron chi connectivity index (χ2n) is 7.43. The number of aromatic nitrogens is 1. The van der Waals surface area contributed by atoms with E-state index in [4.69, 9.17) is 10.6 Å². The van der Waals surface area contributed by atoms with Crippen LogP contribution in [0.25, 0.3) is 0 Å². The van der Waals surface area contributed by atoms with E-state index in [2.05, 4.69) is 6.58 Å². The van der Waals surface area contributed by atoms with Crippen molar-refractivity contribution in [2.75, 3.05) is 0 Å². The van der Waals surface area contributed by atoms with E-state index < -0.39 is 81.7 Å². The summed E-state index contributed by atoms with van der Waals surface area (Å²) in [6.07, 6.45) is -11.5. The first-order valence-corrected chi connectivity index (χ1v) is 10.0. The van der Waals surface area contributed by atoms with E-state index >= 15 is 0 Å². The quantitative estimate of drug-likeness (QED) is 0.124. The summed E-state index contributed by atoms with van der Waals surface area (Å²) in [5.74, 6) is 0.998. The van der Waals surface area contributed by atoms with Crippen molar-refractivity contribution in [1.29, 1.82) is 0 Å². The third-order valence-electron chi connectivity index (χ3n) is 5.01. The van der Waals surface area contributed by atoms with Gasteiger partial charge in [0.15, 0.2) is 5.69 Å². The van der Waals surface area contributed by atoms with Gasteiger partial charge in [0.1, 0.15) is 5.56 Å². The van der Waals surface area contributed by atoms with Crippen molar-refractivity contribution in [1.82, 2.24) is 9.99 Å². The average molecular weight is 536 g/mol. The van der Waals surface area contributed by atoms with Gasteiger partial charge >= 0.3 is 12.4 Å². The number of hydrogen-bond acceptors (Lipinski definition) is 7. The molecule has 1 aromatic carbocycles. The van der Waals surface area contributed by atoms with Gasteiger partial charge in [0.05, 0.1) is 11.5 Å². The van der Waals surface area contributed by atoms with Gasteiger partial charge in [-0.2, -0.15) is 26.3 Å². The first kappa shape index (κ1) is 29.2. The summed E-state index contributed by atoms with van der Waals surface area (Å²) >= 11 is 0. The lowest BCUT2D eigenvalue weighted by molar-refractivity contribution is -0.385. The zero-order valence-corrected chi connectivity index (χ0v) is 18.6. The molecule has 0 saturated heterocycles. The summed E-state index contributed by atoms with van der Waals surface area (Å²) in [4.78, 5) is 48.6. The SMILES string of the molecule is C=CCC[C@@](OCc1ccccc1)(C(=O)N(N)C(=O)c1[nH]c(=O)c(C(F)(F)F)cc1[N+](=O)[O-])C(F)(F)F. The fourth-order valence-electron chi connectivity index (χ4n) is 3.12. The number of nitrogens with zero attached hydrogens (tertiary/aromatic N) is 2. The molecule has 0 unspecified atom stereocenters. The van der Waals surface area contributed by atoms with Crippen LogP contribution in [0.3, 0.4) is 0 Å². The molecule has 0 aliphatic rings. The Morgan fingerprint density at radius 3 is 2.24 bits per heavy atom. The molecule has 16 heteroatoms. The minimum absolute atomic E-state index is 0.195. The molecule has 200 valence electrons. The molecular weight excluding hydrogens is 518 g/mol. The maximum Gasteiger partial charge on any atom is 0.426 e. The van der Waals surface area contributed by atoms with Gasteiger partial charge in [-0.1, -0.05) is 36.4 Å². The summed E-state index contributed by atoms with van der Waals surface area (Å²) in [5.41, 5.74) is -10.9. The fourth-order valence-corrected chi connectivity index (χ4v) is 3.12. The van der Waals surface area contributed by atoms with E-state index in [1.165, 1.54) is 29.2 Å². The van der Waals surface area contributed by atoms with Crippen molar-refractivity contribution in [3.8, 4) is 0 Å². The van der Waals surface area contributed by atoms with Crippen molar-refractivity contribution < 1.29 is 45.6 Å². The van der Waals surface area contributed by atoms with Crippen LogP contribution >= 0.6 is 0 Å². The number of carbonyl (C=O) groups is 2. The van der Waals surface area contributed by atoms with E-state index in [9.17, 15) is 50.8 Å². The first-order chi connectivity index (χ1) is 17.1. The predicted molar refractivity (Wildman–Crippen MR) is 114 cm³/mol. The van der Waals surface area contributed by atoms with Crippen LogP contribution in [0.4, 0.5) is 32.0 Å². The Morgan fingerprint density at radius 2 is 1.76 bits per heavy atom. The molecule has 0 aliphatic heterocycles. The number of rotatable bonds is 9. The number of alkyl halides is 6. The molecule has 0 bridgehead atoms. The van der Waals surface area contributed by atoms with E-state index in [-0.39, 0.29) is 11.6 Å². The number of hydrogen-bond donors (Lipinski definition) is 2. The molecule has 0 saturated carbocycles. The molecule has 2 rings (SSSR count). The number of pyridine rings is 1. The Bertz CT molecular complexity index is 1240. The Morgan fingerprint density at radius 1 is 1.16 bits per heavy atom. The summed E-state index contributed by atoms with van der Waals surface area (Å²) in [6, 6.07) is 6.95. The van der Waals surface area contributed by atoms with E-state index in [1.54, 1.807) is 6.07 Å². The van der Waals surface area contributed by atoms with Gasteiger partial charge in [-0.3, -0.25) is 24.5 Å². The highest BCUT2D eigenvalue weighted by atomic mass is 19.4.